The number of aromatic nitrogens is 2. The molecule has 1 heterocycles. The zero-order valence-corrected chi connectivity index (χ0v) is 10.4. The molecular formula is C12H12N2O2S. The summed E-state index contributed by atoms with van der Waals surface area (Å²) in [6.07, 6.45) is 0. The lowest BCUT2D eigenvalue weighted by Gasteiger charge is -2.07. The Morgan fingerprint density at radius 3 is 2.12 bits per heavy atom. The molecule has 2 rings (SSSR count). The molecule has 0 spiro atoms. The second-order valence-electron chi connectivity index (χ2n) is 3.29. The van der Waals surface area contributed by atoms with E-state index in [0.717, 1.165) is 10.5 Å². The summed E-state index contributed by atoms with van der Waals surface area (Å²) in [4.78, 5) is 9.35. The average molecular weight is 248 g/mol. The fraction of sp³-hybridized carbons (Fsp3) is 0.167. The van der Waals surface area contributed by atoms with Crippen molar-refractivity contribution >= 4 is 12.6 Å². The molecule has 0 aliphatic heterocycles. The molecule has 0 amide bonds. The molecule has 0 atom stereocenters. The minimum Gasteiger partial charge on any atom is -0.481 e. The number of benzene rings is 1. The molecule has 0 aliphatic carbocycles. The zero-order valence-electron chi connectivity index (χ0n) is 9.54. The molecule has 5 heteroatoms. The summed E-state index contributed by atoms with van der Waals surface area (Å²) in [7, 11) is 3.11. The van der Waals surface area contributed by atoms with E-state index in [-0.39, 0.29) is 0 Å². The van der Waals surface area contributed by atoms with E-state index in [0.29, 0.717) is 17.6 Å². The van der Waals surface area contributed by atoms with E-state index in [2.05, 4.69) is 22.6 Å². The number of nitrogens with zero attached hydrogens (tertiary/aromatic N) is 2. The van der Waals surface area contributed by atoms with Gasteiger partial charge in [0.15, 0.2) is 5.82 Å². The van der Waals surface area contributed by atoms with Gasteiger partial charge in [0, 0.05) is 10.5 Å². The minimum absolute atomic E-state index is 0.462. The Balaban J connectivity index is 2.55. The fourth-order valence-electron chi connectivity index (χ4n) is 1.40. The largest absolute Gasteiger partial charge is 0.481 e. The maximum absolute atomic E-state index is 5.10. The van der Waals surface area contributed by atoms with Gasteiger partial charge in [-0.2, -0.15) is 9.97 Å². The standard InChI is InChI=1S/C12H12N2O2S/c1-15-10-7-11(16-2)14-12(13-10)8-5-3-4-6-9(8)17/h3-7,17H,1-2H3. The van der Waals surface area contributed by atoms with E-state index in [1.165, 1.54) is 0 Å². The molecule has 1 aromatic carbocycles. The van der Waals surface area contributed by atoms with Gasteiger partial charge in [-0.1, -0.05) is 18.2 Å². The Hall–Kier alpha value is -1.75. The van der Waals surface area contributed by atoms with Crippen molar-refractivity contribution < 1.29 is 9.47 Å². The van der Waals surface area contributed by atoms with Crippen LogP contribution in [-0.2, 0) is 0 Å². The van der Waals surface area contributed by atoms with Crippen LogP contribution in [0.3, 0.4) is 0 Å². The van der Waals surface area contributed by atoms with Crippen molar-refractivity contribution in [1.82, 2.24) is 9.97 Å². The van der Waals surface area contributed by atoms with Gasteiger partial charge in [0.05, 0.1) is 20.3 Å². The van der Waals surface area contributed by atoms with Crippen LogP contribution in [0.2, 0.25) is 0 Å². The van der Waals surface area contributed by atoms with E-state index in [4.69, 9.17) is 9.47 Å². The van der Waals surface area contributed by atoms with Gasteiger partial charge in [-0.05, 0) is 6.07 Å². The molecule has 0 fully saturated rings. The Morgan fingerprint density at radius 1 is 1.00 bits per heavy atom. The minimum atomic E-state index is 0.462. The maximum Gasteiger partial charge on any atom is 0.220 e. The van der Waals surface area contributed by atoms with Crippen LogP contribution in [0.25, 0.3) is 11.4 Å². The van der Waals surface area contributed by atoms with Crippen LogP contribution in [0.5, 0.6) is 11.8 Å². The molecule has 2 aromatic rings. The smallest absolute Gasteiger partial charge is 0.220 e. The predicted molar refractivity (Wildman–Crippen MR) is 67.8 cm³/mol. The highest BCUT2D eigenvalue weighted by molar-refractivity contribution is 7.80. The van der Waals surface area contributed by atoms with Crippen molar-refractivity contribution in [3.63, 3.8) is 0 Å². The van der Waals surface area contributed by atoms with Crippen LogP contribution >= 0.6 is 12.6 Å². The van der Waals surface area contributed by atoms with Crippen LogP contribution in [0.4, 0.5) is 0 Å². The first kappa shape index (κ1) is 11.7. The third-order valence-electron chi connectivity index (χ3n) is 2.24. The summed E-state index contributed by atoms with van der Waals surface area (Å²) in [5, 5.41) is 0. The van der Waals surface area contributed by atoms with Crippen molar-refractivity contribution in [3.05, 3.63) is 30.3 Å². The molecule has 88 valence electrons. The first-order valence-electron chi connectivity index (χ1n) is 5.00. The van der Waals surface area contributed by atoms with Gasteiger partial charge in [-0.25, -0.2) is 0 Å². The lowest BCUT2D eigenvalue weighted by Crippen LogP contribution is -1.97. The molecule has 0 unspecified atom stereocenters. The van der Waals surface area contributed by atoms with E-state index in [1.54, 1.807) is 20.3 Å². The lowest BCUT2D eigenvalue weighted by molar-refractivity contribution is 0.372. The van der Waals surface area contributed by atoms with Crippen molar-refractivity contribution in [2.75, 3.05) is 14.2 Å². The summed E-state index contributed by atoms with van der Waals surface area (Å²) < 4.78 is 10.2. The molecule has 17 heavy (non-hydrogen) atoms. The number of methoxy groups -OCH3 is 2. The normalized spacial score (nSPS) is 10.1. The van der Waals surface area contributed by atoms with Crippen molar-refractivity contribution in [2.45, 2.75) is 4.90 Å². The number of thiol groups is 1. The van der Waals surface area contributed by atoms with Gasteiger partial charge < -0.3 is 9.47 Å². The lowest BCUT2D eigenvalue weighted by atomic mass is 10.2. The van der Waals surface area contributed by atoms with Gasteiger partial charge in [0.1, 0.15) is 0 Å². The Morgan fingerprint density at radius 2 is 1.59 bits per heavy atom. The molecule has 0 bridgehead atoms. The molecule has 0 aliphatic rings. The van der Waals surface area contributed by atoms with Crippen LogP contribution < -0.4 is 9.47 Å². The highest BCUT2D eigenvalue weighted by Gasteiger charge is 2.09. The number of rotatable bonds is 3. The first-order chi connectivity index (χ1) is 8.24. The maximum atomic E-state index is 5.10. The summed E-state index contributed by atoms with van der Waals surface area (Å²) >= 11 is 4.37. The topological polar surface area (TPSA) is 44.2 Å². The van der Waals surface area contributed by atoms with Gasteiger partial charge in [0.25, 0.3) is 0 Å². The second-order valence-corrected chi connectivity index (χ2v) is 3.78. The summed E-state index contributed by atoms with van der Waals surface area (Å²) in [6.45, 7) is 0. The first-order valence-corrected chi connectivity index (χ1v) is 5.44. The van der Waals surface area contributed by atoms with E-state index >= 15 is 0 Å². The molecule has 4 nitrogen and oxygen atoms in total. The molecule has 0 N–H and O–H groups in total. The van der Waals surface area contributed by atoms with Crippen LogP contribution in [-0.4, -0.2) is 24.2 Å². The van der Waals surface area contributed by atoms with Crippen LogP contribution in [0.1, 0.15) is 0 Å². The summed E-state index contributed by atoms with van der Waals surface area (Å²) in [6, 6.07) is 9.22. The van der Waals surface area contributed by atoms with Gasteiger partial charge in [0.2, 0.25) is 11.8 Å². The molecule has 0 saturated heterocycles. The average Bonchev–Trinajstić information content (AvgIpc) is 2.38. The SMILES string of the molecule is COc1cc(OC)nc(-c2ccccc2S)n1. The van der Waals surface area contributed by atoms with Crippen molar-refractivity contribution in [1.29, 1.82) is 0 Å². The highest BCUT2D eigenvalue weighted by Crippen LogP contribution is 2.26. The summed E-state index contributed by atoms with van der Waals surface area (Å²) in [5.74, 6) is 1.46. The van der Waals surface area contributed by atoms with Crippen molar-refractivity contribution in [2.24, 2.45) is 0 Å². The van der Waals surface area contributed by atoms with Gasteiger partial charge >= 0.3 is 0 Å². The van der Waals surface area contributed by atoms with E-state index in [9.17, 15) is 0 Å². The third kappa shape index (κ3) is 2.50. The van der Waals surface area contributed by atoms with Crippen LogP contribution in [0, 0.1) is 0 Å². The van der Waals surface area contributed by atoms with Crippen molar-refractivity contribution in [3.8, 4) is 23.1 Å². The predicted octanol–water partition coefficient (Wildman–Crippen LogP) is 2.45. The quantitative estimate of drug-likeness (QED) is 0.847. The Kier molecular flexibility index (Phi) is 3.49. The Labute approximate surface area is 105 Å². The second kappa shape index (κ2) is 5.05. The molecular weight excluding hydrogens is 236 g/mol. The zero-order chi connectivity index (χ0) is 12.3. The molecule has 0 radical (unpaired) electrons. The highest BCUT2D eigenvalue weighted by atomic mass is 32.1. The Bertz CT molecular complexity index is 509. The fourth-order valence-corrected chi connectivity index (χ4v) is 1.66. The third-order valence-corrected chi connectivity index (χ3v) is 2.63. The summed E-state index contributed by atoms with van der Waals surface area (Å²) in [5.41, 5.74) is 0.841. The van der Waals surface area contributed by atoms with Crippen LogP contribution in [0.15, 0.2) is 35.2 Å². The molecule has 0 saturated carbocycles. The van der Waals surface area contributed by atoms with Gasteiger partial charge in [-0.3, -0.25) is 0 Å². The van der Waals surface area contributed by atoms with E-state index in [1.807, 2.05) is 24.3 Å². The van der Waals surface area contributed by atoms with E-state index < -0.39 is 0 Å². The van der Waals surface area contributed by atoms with Gasteiger partial charge in [-0.15, -0.1) is 12.6 Å². The number of ether oxygens (including phenoxy) is 2. The molecule has 1 aromatic heterocycles. The number of hydrogen-bond acceptors (Lipinski definition) is 5. The monoisotopic (exact) mass is 248 g/mol. The number of hydrogen-bond donors (Lipinski definition) is 1.